The number of halogens is 1. The Morgan fingerprint density at radius 2 is 1.69 bits per heavy atom. The third-order valence-corrected chi connectivity index (χ3v) is 5.13. The largest absolute Gasteiger partial charge is 0.339 e. The number of amides is 1. The lowest BCUT2D eigenvalue weighted by atomic mass is 9.68. The summed E-state index contributed by atoms with van der Waals surface area (Å²) in [5.41, 5.74) is 0. The average Bonchev–Trinajstić information content (AvgIpc) is 2.43. The average molecular weight is 286 g/mol. The van der Waals surface area contributed by atoms with Crippen LogP contribution in [0.2, 0.25) is 0 Å². The van der Waals surface area contributed by atoms with Gasteiger partial charge in [0.2, 0.25) is 5.91 Å². The van der Waals surface area contributed by atoms with Crippen LogP contribution in [0.15, 0.2) is 0 Å². The van der Waals surface area contributed by atoms with Gasteiger partial charge in [0.15, 0.2) is 0 Å². The molecule has 0 aromatic heterocycles. The van der Waals surface area contributed by atoms with Crippen LogP contribution in [0.5, 0.6) is 0 Å². The maximum Gasteiger partial charge on any atom is 0.223 e. The zero-order chi connectivity index (χ0) is 11.1. The second-order valence-electron chi connectivity index (χ2n) is 5.92. The molecule has 2 aliphatic heterocycles. The molecule has 4 aliphatic rings. The molecule has 2 nitrogen and oxygen atoms in total. The first-order valence-corrected chi connectivity index (χ1v) is 7.74. The summed E-state index contributed by atoms with van der Waals surface area (Å²) in [6.07, 6.45) is 7.50. The van der Waals surface area contributed by atoms with Gasteiger partial charge >= 0.3 is 0 Å². The Bertz CT molecular complexity index is 280. The highest BCUT2D eigenvalue weighted by Gasteiger charge is 2.43. The lowest BCUT2D eigenvalue weighted by Gasteiger charge is -2.39. The number of fused-ring (bicyclic) bond motifs is 1. The van der Waals surface area contributed by atoms with Gasteiger partial charge < -0.3 is 4.90 Å². The monoisotopic (exact) mass is 285 g/mol. The van der Waals surface area contributed by atoms with E-state index in [1.54, 1.807) is 0 Å². The van der Waals surface area contributed by atoms with Crippen molar-refractivity contribution in [1.82, 2.24) is 4.90 Å². The van der Waals surface area contributed by atoms with Crippen LogP contribution in [0.25, 0.3) is 0 Å². The second kappa shape index (κ2) is 4.32. The van der Waals surface area contributed by atoms with Gasteiger partial charge in [-0.3, -0.25) is 4.79 Å². The molecule has 4 bridgehead atoms. The molecule has 4 fully saturated rings. The van der Waals surface area contributed by atoms with Gasteiger partial charge in [0.1, 0.15) is 0 Å². The van der Waals surface area contributed by atoms with Crippen LogP contribution in [-0.2, 0) is 4.79 Å². The molecule has 1 amide bonds. The summed E-state index contributed by atoms with van der Waals surface area (Å²) in [5.74, 6) is 3.07. The van der Waals surface area contributed by atoms with Crippen molar-refractivity contribution in [3.05, 3.63) is 0 Å². The maximum absolute atomic E-state index is 12.1. The molecular formula is C13H20BrNO. The molecule has 2 heterocycles. The molecule has 0 spiro atoms. The topological polar surface area (TPSA) is 20.3 Å². The molecule has 2 saturated carbocycles. The van der Waals surface area contributed by atoms with Crippen LogP contribution in [0.1, 0.15) is 38.5 Å². The summed E-state index contributed by atoms with van der Waals surface area (Å²) in [4.78, 5) is 14.3. The Balaban J connectivity index is 1.78. The van der Waals surface area contributed by atoms with Crippen LogP contribution in [-0.4, -0.2) is 28.7 Å². The second-order valence-corrected chi connectivity index (χ2v) is 6.71. The van der Waals surface area contributed by atoms with Crippen LogP contribution < -0.4 is 0 Å². The van der Waals surface area contributed by atoms with E-state index in [4.69, 9.17) is 0 Å². The molecule has 0 radical (unpaired) electrons. The molecule has 90 valence electrons. The molecule has 2 aliphatic carbocycles. The first-order chi connectivity index (χ1) is 7.76. The molecule has 0 aromatic carbocycles. The van der Waals surface area contributed by atoms with E-state index in [-0.39, 0.29) is 0 Å². The van der Waals surface area contributed by atoms with E-state index in [2.05, 4.69) is 20.8 Å². The molecule has 2 atom stereocenters. The number of carbonyl (C=O) groups is 1. The van der Waals surface area contributed by atoms with Crippen LogP contribution in [0.3, 0.4) is 0 Å². The Morgan fingerprint density at radius 3 is 2.31 bits per heavy atom. The van der Waals surface area contributed by atoms with E-state index in [0.29, 0.717) is 18.4 Å². The van der Waals surface area contributed by atoms with Gasteiger partial charge in [0.05, 0.1) is 0 Å². The van der Waals surface area contributed by atoms with Gasteiger partial charge in [-0.1, -0.05) is 15.9 Å². The fourth-order valence-electron chi connectivity index (χ4n) is 4.31. The summed E-state index contributed by atoms with van der Waals surface area (Å²) in [6, 6.07) is 0.586. The van der Waals surface area contributed by atoms with Gasteiger partial charge in [-0.15, -0.1) is 0 Å². The van der Waals surface area contributed by atoms with Crippen molar-refractivity contribution in [1.29, 1.82) is 0 Å². The van der Waals surface area contributed by atoms with Crippen molar-refractivity contribution in [3.8, 4) is 0 Å². The highest BCUT2D eigenvalue weighted by Crippen LogP contribution is 2.47. The highest BCUT2D eigenvalue weighted by molar-refractivity contribution is 9.09. The summed E-state index contributed by atoms with van der Waals surface area (Å²) >= 11 is 3.38. The van der Waals surface area contributed by atoms with Crippen molar-refractivity contribution in [2.24, 2.45) is 17.8 Å². The minimum Gasteiger partial charge on any atom is -0.339 e. The van der Waals surface area contributed by atoms with Gasteiger partial charge in [0.25, 0.3) is 0 Å². The summed E-state index contributed by atoms with van der Waals surface area (Å²) in [6.45, 7) is 1.06. The van der Waals surface area contributed by atoms with E-state index in [1.807, 2.05) is 0 Å². The van der Waals surface area contributed by atoms with Gasteiger partial charge in [0, 0.05) is 24.3 Å². The highest BCUT2D eigenvalue weighted by atomic mass is 79.9. The number of hydrogen-bond donors (Lipinski definition) is 0. The summed E-state index contributed by atoms with van der Waals surface area (Å²) < 4.78 is 0. The normalized spacial score (nSPS) is 41.2. The van der Waals surface area contributed by atoms with E-state index in [0.717, 1.165) is 29.6 Å². The standard InChI is InChI=1S/C13H20BrNO/c14-2-1-13(16)15-8-11-4-9-3-10(5-11)7-12(15)6-9/h9-12H,1-8H2. The third-order valence-electron chi connectivity index (χ3n) is 4.74. The maximum atomic E-state index is 12.1. The molecule has 4 rings (SSSR count). The first kappa shape index (κ1) is 11.1. The molecular weight excluding hydrogens is 266 g/mol. The van der Waals surface area contributed by atoms with Crippen molar-refractivity contribution < 1.29 is 4.79 Å². The predicted octanol–water partition coefficient (Wildman–Crippen LogP) is 2.81. The van der Waals surface area contributed by atoms with Crippen molar-refractivity contribution >= 4 is 21.8 Å². The van der Waals surface area contributed by atoms with Crippen LogP contribution >= 0.6 is 15.9 Å². The minimum absolute atomic E-state index is 0.384. The third kappa shape index (κ3) is 1.92. The predicted molar refractivity (Wildman–Crippen MR) is 67.5 cm³/mol. The van der Waals surface area contributed by atoms with Gasteiger partial charge in [-0.25, -0.2) is 0 Å². The number of carbonyl (C=O) groups excluding carboxylic acids is 1. The lowest BCUT2D eigenvalue weighted by Crippen LogP contribution is -2.42. The van der Waals surface area contributed by atoms with E-state index < -0.39 is 0 Å². The van der Waals surface area contributed by atoms with Crippen molar-refractivity contribution in [2.75, 3.05) is 11.9 Å². The zero-order valence-corrected chi connectivity index (χ0v) is 11.3. The molecule has 16 heavy (non-hydrogen) atoms. The Hall–Kier alpha value is -0.0500. The van der Waals surface area contributed by atoms with Crippen LogP contribution in [0.4, 0.5) is 0 Å². The number of hydrogen-bond acceptors (Lipinski definition) is 1. The SMILES string of the molecule is O=C(CCBr)N1CC2CC3CC(C2)CC1C3. The Labute approximate surface area is 106 Å². The number of rotatable bonds is 2. The minimum atomic E-state index is 0.384. The Kier molecular flexibility index (Phi) is 2.99. The number of alkyl halides is 1. The quantitative estimate of drug-likeness (QED) is 0.715. The van der Waals surface area contributed by atoms with Crippen LogP contribution in [0, 0.1) is 17.8 Å². The first-order valence-electron chi connectivity index (χ1n) is 6.61. The summed E-state index contributed by atoms with van der Waals surface area (Å²) in [7, 11) is 0. The zero-order valence-electron chi connectivity index (χ0n) is 9.70. The summed E-state index contributed by atoms with van der Waals surface area (Å²) in [5, 5.41) is 0.812. The van der Waals surface area contributed by atoms with E-state index in [1.165, 1.54) is 32.1 Å². The number of nitrogens with zero attached hydrogens (tertiary/aromatic N) is 1. The molecule has 3 heteroatoms. The van der Waals surface area contributed by atoms with Gasteiger partial charge in [-0.2, -0.15) is 0 Å². The smallest absolute Gasteiger partial charge is 0.223 e. The fraction of sp³-hybridized carbons (Fsp3) is 0.923. The molecule has 0 N–H and O–H groups in total. The molecule has 0 aromatic rings. The van der Waals surface area contributed by atoms with E-state index >= 15 is 0 Å². The Morgan fingerprint density at radius 1 is 1.06 bits per heavy atom. The molecule has 2 saturated heterocycles. The van der Waals surface area contributed by atoms with Gasteiger partial charge in [-0.05, 0) is 49.9 Å². The fourth-order valence-corrected chi connectivity index (χ4v) is 4.65. The van der Waals surface area contributed by atoms with E-state index in [9.17, 15) is 4.79 Å². The van der Waals surface area contributed by atoms with Crippen molar-refractivity contribution in [3.63, 3.8) is 0 Å². The molecule has 2 unspecified atom stereocenters. The lowest BCUT2D eigenvalue weighted by molar-refractivity contribution is -0.133. The van der Waals surface area contributed by atoms with Crippen molar-refractivity contribution in [2.45, 2.75) is 44.6 Å².